The van der Waals surface area contributed by atoms with Gasteiger partial charge in [-0.25, -0.2) is 4.57 Å². The number of ether oxygens (including phenoxy) is 2. The molecule has 1 atom stereocenters. The molecular formula is C26H43O8P. The Morgan fingerprint density at radius 3 is 1.91 bits per heavy atom. The van der Waals surface area contributed by atoms with Crippen LogP contribution in [0.25, 0.3) is 0 Å². The molecule has 0 aromatic heterocycles. The van der Waals surface area contributed by atoms with Gasteiger partial charge in [0.25, 0.3) is 0 Å². The van der Waals surface area contributed by atoms with Crippen molar-refractivity contribution in [1.82, 2.24) is 0 Å². The van der Waals surface area contributed by atoms with E-state index in [9.17, 15) is 14.2 Å². The van der Waals surface area contributed by atoms with Crippen molar-refractivity contribution in [2.24, 2.45) is 0 Å². The number of hydrogen-bond acceptors (Lipinski definition) is 6. The van der Waals surface area contributed by atoms with Crippen LogP contribution in [0.2, 0.25) is 0 Å². The second kappa shape index (κ2) is 22.5. The topological polar surface area (TPSA) is 119 Å². The van der Waals surface area contributed by atoms with Crippen molar-refractivity contribution in [3.05, 3.63) is 48.6 Å². The SMILES string of the molecule is CC/C=C\C/C=C\C/C=C\C/C=C\CCCCCCC(=O)OC(COC(=O)CC)COP(=O)(O)O. The van der Waals surface area contributed by atoms with Gasteiger partial charge >= 0.3 is 19.8 Å². The molecule has 0 radical (unpaired) electrons. The molecule has 1 unspecified atom stereocenters. The van der Waals surface area contributed by atoms with Gasteiger partial charge in [0.1, 0.15) is 6.61 Å². The van der Waals surface area contributed by atoms with E-state index in [2.05, 4.69) is 60.1 Å². The fraction of sp³-hybridized carbons (Fsp3) is 0.615. The molecule has 0 aromatic carbocycles. The second-order valence-electron chi connectivity index (χ2n) is 7.89. The van der Waals surface area contributed by atoms with Crippen LogP contribution in [0.5, 0.6) is 0 Å². The molecule has 0 amide bonds. The molecule has 0 bridgehead atoms. The first kappa shape index (κ1) is 33.0. The monoisotopic (exact) mass is 514 g/mol. The molecule has 0 spiro atoms. The number of esters is 2. The molecule has 0 saturated heterocycles. The van der Waals surface area contributed by atoms with Crippen LogP contribution in [0.1, 0.15) is 84.5 Å². The first-order chi connectivity index (χ1) is 16.8. The predicted octanol–water partition coefficient (Wildman–Crippen LogP) is 6.11. The number of rotatable bonds is 21. The zero-order valence-electron chi connectivity index (χ0n) is 21.2. The Bertz CT molecular complexity index is 721. The summed E-state index contributed by atoms with van der Waals surface area (Å²) in [6.07, 6.45) is 25.1. The van der Waals surface area contributed by atoms with Crippen LogP contribution in [0.15, 0.2) is 48.6 Å². The third-order valence-corrected chi connectivity index (χ3v) is 5.15. The first-order valence-corrected chi connectivity index (χ1v) is 14.0. The molecule has 0 aliphatic rings. The van der Waals surface area contributed by atoms with Crippen molar-refractivity contribution in [2.45, 2.75) is 90.6 Å². The van der Waals surface area contributed by atoms with Crippen LogP contribution < -0.4 is 0 Å². The van der Waals surface area contributed by atoms with Crippen molar-refractivity contribution in [1.29, 1.82) is 0 Å². The average Bonchev–Trinajstić information content (AvgIpc) is 2.81. The molecule has 9 heteroatoms. The zero-order chi connectivity index (χ0) is 26.2. The molecule has 2 N–H and O–H groups in total. The Morgan fingerprint density at radius 1 is 0.771 bits per heavy atom. The maximum atomic E-state index is 12.0. The Morgan fingerprint density at radius 2 is 1.34 bits per heavy atom. The predicted molar refractivity (Wildman–Crippen MR) is 138 cm³/mol. The van der Waals surface area contributed by atoms with Gasteiger partial charge in [-0.3, -0.25) is 14.1 Å². The van der Waals surface area contributed by atoms with E-state index >= 15 is 0 Å². The summed E-state index contributed by atoms with van der Waals surface area (Å²) >= 11 is 0. The van der Waals surface area contributed by atoms with Crippen LogP contribution >= 0.6 is 7.82 Å². The smallest absolute Gasteiger partial charge is 0.462 e. The molecule has 0 rings (SSSR count). The highest BCUT2D eigenvalue weighted by atomic mass is 31.2. The highest BCUT2D eigenvalue weighted by molar-refractivity contribution is 7.46. The summed E-state index contributed by atoms with van der Waals surface area (Å²) in [5.41, 5.74) is 0. The standard InChI is InChI=1S/C26H43O8P/c1-3-5-6-7-8-9-10-11-12-13-14-15-16-17-18-19-20-21-26(28)34-24(22-32-25(27)4-2)23-33-35(29,30)31/h5-6,8-9,11-12,14-15,24H,3-4,7,10,13,16-23H2,1-2H3,(H2,29,30,31)/b6-5-,9-8-,12-11-,15-14-. The largest absolute Gasteiger partial charge is 0.469 e. The molecular weight excluding hydrogens is 471 g/mol. The lowest BCUT2D eigenvalue weighted by molar-refractivity contribution is -0.161. The van der Waals surface area contributed by atoms with Crippen molar-refractivity contribution in [2.75, 3.05) is 13.2 Å². The van der Waals surface area contributed by atoms with E-state index in [1.54, 1.807) is 6.92 Å². The number of phosphoric acid groups is 1. The number of unbranched alkanes of at least 4 members (excludes halogenated alkanes) is 4. The van der Waals surface area contributed by atoms with E-state index in [1.807, 2.05) is 0 Å². The van der Waals surface area contributed by atoms with Crippen molar-refractivity contribution < 1.29 is 37.9 Å². The lowest BCUT2D eigenvalue weighted by Gasteiger charge is -2.18. The Hall–Kier alpha value is -1.99. The number of carbonyl (C=O) groups excluding carboxylic acids is 2. The van der Waals surface area contributed by atoms with Gasteiger partial charge in [0.2, 0.25) is 0 Å². The van der Waals surface area contributed by atoms with Gasteiger partial charge in [-0.1, -0.05) is 75.3 Å². The Kier molecular flexibility index (Phi) is 21.2. The Labute approximate surface area is 210 Å². The fourth-order valence-electron chi connectivity index (χ4n) is 2.81. The number of carbonyl (C=O) groups is 2. The lowest BCUT2D eigenvalue weighted by atomic mass is 10.1. The minimum Gasteiger partial charge on any atom is -0.462 e. The van der Waals surface area contributed by atoms with Gasteiger partial charge in [-0.05, 0) is 44.9 Å². The summed E-state index contributed by atoms with van der Waals surface area (Å²) < 4.78 is 25.3. The highest BCUT2D eigenvalue weighted by Crippen LogP contribution is 2.35. The van der Waals surface area contributed by atoms with Gasteiger partial charge in [-0.15, -0.1) is 0 Å². The lowest BCUT2D eigenvalue weighted by Crippen LogP contribution is -2.29. The highest BCUT2D eigenvalue weighted by Gasteiger charge is 2.22. The molecule has 0 fully saturated rings. The summed E-state index contributed by atoms with van der Waals surface area (Å²) in [5.74, 6) is -1.02. The van der Waals surface area contributed by atoms with Crippen LogP contribution in [0.4, 0.5) is 0 Å². The normalized spacial score (nSPS) is 13.4. The van der Waals surface area contributed by atoms with E-state index < -0.39 is 32.5 Å². The zero-order valence-corrected chi connectivity index (χ0v) is 22.1. The van der Waals surface area contributed by atoms with Gasteiger partial charge in [-0.2, -0.15) is 0 Å². The van der Waals surface area contributed by atoms with Crippen LogP contribution in [-0.2, 0) is 28.2 Å². The van der Waals surface area contributed by atoms with E-state index in [0.29, 0.717) is 6.42 Å². The average molecular weight is 515 g/mol. The summed E-state index contributed by atoms with van der Waals surface area (Å²) in [6.45, 7) is 2.87. The summed E-state index contributed by atoms with van der Waals surface area (Å²) in [5, 5.41) is 0. The third kappa shape index (κ3) is 24.9. The van der Waals surface area contributed by atoms with Crippen molar-refractivity contribution >= 4 is 19.8 Å². The second-order valence-corrected chi connectivity index (χ2v) is 9.13. The van der Waals surface area contributed by atoms with Gasteiger partial charge in [0.05, 0.1) is 6.61 Å². The van der Waals surface area contributed by atoms with Crippen LogP contribution in [0.3, 0.4) is 0 Å². The summed E-state index contributed by atoms with van der Waals surface area (Å²) in [6, 6.07) is 0. The summed E-state index contributed by atoms with van der Waals surface area (Å²) in [7, 11) is -4.72. The number of hydrogen-bond donors (Lipinski definition) is 2. The maximum absolute atomic E-state index is 12.0. The molecule has 200 valence electrons. The van der Waals surface area contributed by atoms with Gasteiger partial charge in [0, 0.05) is 12.8 Å². The van der Waals surface area contributed by atoms with E-state index in [1.165, 1.54) is 0 Å². The fourth-order valence-corrected chi connectivity index (χ4v) is 3.17. The molecule has 8 nitrogen and oxygen atoms in total. The van der Waals surface area contributed by atoms with Gasteiger partial charge < -0.3 is 19.3 Å². The molecule has 35 heavy (non-hydrogen) atoms. The van der Waals surface area contributed by atoms with Crippen molar-refractivity contribution in [3.63, 3.8) is 0 Å². The minimum absolute atomic E-state index is 0.140. The minimum atomic E-state index is -4.72. The molecule has 0 aliphatic heterocycles. The molecule has 0 saturated carbocycles. The molecule has 0 aliphatic carbocycles. The van der Waals surface area contributed by atoms with Gasteiger partial charge in [0.15, 0.2) is 6.10 Å². The number of phosphoric ester groups is 1. The third-order valence-electron chi connectivity index (χ3n) is 4.67. The van der Waals surface area contributed by atoms with E-state index in [-0.39, 0.29) is 19.4 Å². The Balaban J connectivity index is 3.91. The van der Waals surface area contributed by atoms with Crippen molar-refractivity contribution in [3.8, 4) is 0 Å². The van der Waals surface area contributed by atoms with Crippen LogP contribution in [0, 0.1) is 0 Å². The summed E-state index contributed by atoms with van der Waals surface area (Å²) in [4.78, 5) is 40.9. The molecule has 0 heterocycles. The maximum Gasteiger partial charge on any atom is 0.469 e. The first-order valence-electron chi connectivity index (χ1n) is 12.4. The molecule has 0 aromatic rings. The van der Waals surface area contributed by atoms with Crippen LogP contribution in [-0.4, -0.2) is 41.0 Å². The quantitative estimate of drug-likeness (QED) is 0.0815. The van der Waals surface area contributed by atoms with E-state index in [0.717, 1.165) is 51.4 Å². The number of allylic oxidation sites excluding steroid dienone is 8. The van der Waals surface area contributed by atoms with E-state index in [4.69, 9.17) is 19.3 Å².